The van der Waals surface area contributed by atoms with E-state index in [1.807, 2.05) is 0 Å². The summed E-state index contributed by atoms with van der Waals surface area (Å²) in [5.74, 6) is 0.777. The fourth-order valence-electron chi connectivity index (χ4n) is 2.65. The number of hydrogen-bond donors (Lipinski definition) is 1. The maximum Gasteiger partial charge on any atom is 0.0600 e. The quantitative estimate of drug-likeness (QED) is 0.653. The van der Waals surface area contributed by atoms with Crippen molar-refractivity contribution < 1.29 is 4.74 Å². The molecule has 0 saturated heterocycles. The Bertz CT molecular complexity index is 184. The molecule has 2 nitrogen and oxygen atoms in total. The SMILES string of the molecule is CCCNC(C)CCCOC1CCCCC1C. The molecule has 1 saturated carbocycles. The third-order valence-corrected chi connectivity index (χ3v) is 3.89. The van der Waals surface area contributed by atoms with Crippen LogP contribution in [0.3, 0.4) is 0 Å². The summed E-state index contributed by atoms with van der Waals surface area (Å²) in [5, 5.41) is 3.52. The Morgan fingerprint density at radius 1 is 1.29 bits per heavy atom. The molecule has 1 aliphatic carbocycles. The van der Waals surface area contributed by atoms with Crippen LogP contribution in [0.25, 0.3) is 0 Å². The lowest BCUT2D eigenvalue weighted by Gasteiger charge is -2.28. The third kappa shape index (κ3) is 6.42. The first-order chi connectivity index (χ1) is 8.24. The third-order valence-electron chi connectivity index (χ3n) is 3.89. The number of hydrogen-bond acceptors (Lipinski definition) is 2. The van der Waals surface area contributed by atoms with Gasteiger partial charge in [-0.25, -0.2) is 0 Å². The minimum atomic E-state index is 0.544. The van der Waals surface area contributed by atoms with E-state index in [2.05, 4.69) is 26.1 Å². The van der Waals surface area contributed by atoms with Crippen molar-refractivity contribution in [1.29, 1.82) is 0 Å². The Kier molecular flexibility index (Phi) is 7.87. The molecular weight excluding hydrogens is 210 g/mol. The van der Waals surface area contributed by atoms with Gasteiger partial charge in [-0.2, -0.15) is 0 Å². The fourth-order valence-corrected chi connectivity index (χ4v) is 2.65. The maximum atomic E-state index is 6.02. The van der Waals surface area contributed by atoms with Gasteiger partial charge in [-0.15, -0.1) is 0 Å². The van der Waals surface area contributed by atoms with Crippen molar-refractivity contribution in [3.05, 3.63) is 0 Å². The first-order valence-electron chi connectivity index (χ1n) is 7.59. The van der Waals surface area contributed by atoms with Crippen LogP contribution in [-0.2, 0) is 4.74 Å². The molecule has 1 fully saturated rings. The van der Waals surface area contributed by atoms with Crippen molar-refractivity contribution in [2.24, 2.45) is 5.92 Å². The largest absolute Gasteiger partial charge is 0.378 e. The molecule has 0 amide bonds. The summed E-state index contributed by atoms with van der Waals surface area (Å²) >= 11 is 0. The second kappa shape index (κ2) is 8.93. The lowest BCUT2D eigenvalue weighted by Crippen LogP contribution is -2.28. The molecule has 0 aromatic heterocycles. The van der Waals surface area contributed by atoms with E-state index < -0.39 is 0 Å². The molecule has 3 unspecified atom stereocenters. The van der Waals surface area contributed by atoms with Gasteiger partial charge in [0.15, 0.2) is 0 Å². The first kappa shape index (κ1) is 15.0. The molecule has 0 bridgehead atoms. The topological polar surface area (TPSA) is 21.3 Å². The minimum Gasteiger partial charge on any atom is -0.378 e. The van der Waals surface area contributed by atoms with Gasteiger partial charge in [0.25, 0.3) is 0 Å². The van der Waals surface area contributed by atoms with Crippen molar-refractivity contribution >= 4 is 0 Å². The van der Waals surface area contributed by atoms with Gasteiger partial charge >= 0.3 is 0 Å². The van der Waals surface area contributed by atoms with E-state index in [0.29, 0.717) is 12.1 Å². The lowest BCUT2D eigenvalue weighted by atomic mass is 9.88. The van der Waals surface area contributed by atoms with Crippen molar-refractivity contribution in [2.45, 2.75) is 77.9 Å². The van der Waals surface area contributed by atoms with Crippen LogP contribution in [0.15, 0.2) is 0 Å². The molecule has 1 rings (SSSR count). The Morgan fingerprint density at radius 3 is 2.76 bits per heavy atom. The molecular formula is C15H31NO. The summed E-state index contributed by atoms with van der Waals surface area (Å²) < 4.78 is 6.02. The van der Waals surface area contributed by atoms with Crippen molar-refractivity contribution in [3.63, 3.8) is 0 Å². The fraction of sp³-hybridized carbons (Fsp3) is 1.00. The van der Waals surface area contributed by atoms with Crippen LogP contribution in [-0.4, -0.2) is 25.3 Å². The zero-order chi connectivity index (χ0) is 12.5. The monoisotopic (exact) mass is 241 g/mol. The van der Waals surface area contributed by atoms with Gasteiger partial charge in [0.05, 0.1) is 6.10 Å². The number of rotatable bonds is 8. The molecule has 0 heterocycles. The zero-order valence-corrected chi connectivity index (χ0v) is 12.0. The van der Waals surface area contributed by atoms with Crippen LogP contribution >= 0.6 is 0 Å². The van der Waals surface area contributed by atoms with Crippen LogP contribution in [0.4, 0.5) is 0 Å². The Labute approximate surface area is 108 Å². The molecule has 0 aromatic carbocycles. The summed E-state index contributed by atoms with van der Waals surface area (Å²) in [4.78, 5) is 0. The van der Waals surface area contributed by atoms with E-state index in [1.165, 1.54) is 44.9 Å². The van der Waals surface area contributed by atoms with E-state index in [1.54, 1.807) is 0 Å². The van der Waals surface area contributed by atoms with Gasteiger partial charge in [0, 0.05) is 12.6 Å². The smallest absolute Gasteiger partial charge is 0.0600 e. The van der Waals surface area contributed by atoms with Crippen molar-refractivity contribution in [2.75, 3.05) is 13.2 Å². The molecule has 1 aliphatic rings. The second-order valence-corrected chi connectivity index (χ2v) is 5.67. The summed E-state index contributed by atoms with van der Waals surface area (Å²) in [7, 11) is 0. The van der Waals surface area contributed by atoms with Crippen LogP contribution in [0, 0.1) is 5.92 Å². The molecule has 0 aliphatic heterocycles. The molecule has 17 heavy (non-hydrogen) atoms. The average molecular weight is 241 g/mol. The van der Waals surface area contributed by atoms with Crippen LogP contribution < -0.4 is 5.32 Å². The highest BCUT2D eigenvalue weighted by Crippen LogP contribution is 2.26. The Hall–Kier alpha value is -0.0800. The molecule has 3 atom stereocenters. The predicted octanol–water partition coefficient (Wildman–Crippen LogP) is 3.75. The first-order valence-corrected chi connectivity index (χ1v) is 7.59. The Morgan fingerprint density at radius 2 is 2.06 bits per heavy atom. The number of ether oxygens (including phenoxy) is 1. The summed E-state index contributed by atoms with van der Waals surface area (Å²) in [6.07, 6.45) is 9.61. The van der Waals surface area contributed by atoms with Gasteiger partial charge in [-0.05, 0) is 51.5 Å². The maximum absolute atomic E-state index is 6.02. The van der Waals surface area contributed by atoms with Crippen molar-refractivity contribution in [1.82, 2.24) is 5.32 Å². The van der Waals surface area contributed by atoms with Crippen molar-refractivity contribution in [3.8, 4) is 0 Å². The summed E-state index contributed by atoms with van der Waals surface area (Å²) in [5.41, 5.74) is 0. The lowest BCUT2D eigenvalue weighted by molar-refractivity contribution is -0.00697. The normalized spacial score (nSPS) is 27.0. The van der Waals surface area contributed by atoms with Crippen LogP contribution in [0.1, 0.15) is 65.7 Å². The molecule has 0 aromatic rings. The predicted molar refractivity (Wildman–Crippen MR) is 74.4 cm³/mol. The highest BCUT2D eigenvalue weighted by Gasteiger charge is 2.21. The van der Waals surface area contributed by atoms with Gasteiger partial charge in [0.2, 0.25) is 0 Å². The van der Waals surface area contributed by atoms with Crippen LogP contribution in [0.5, 0.6) is 0 Å². The number of nitrogens with one attached hydrogen (secondary N) is 1. The Balaban J connectivity index is 1.99. The molecule has 2 heteroatoms. The average Bonchev–Trinajstić information content (AvgIpc) is 2.34. The van der Waals surface area contributed by atoms with E-state index >= 15 is 0 Å². The highest BCUT2D eigenvalue weighted by molar-refractivity contribution is 4.72. The summed E-state index contributed by atoms with van der Waals surface area (Å²) in [6, 6.07) is 0.641. The highest BCUT2D eigenvalue weighted by atomic mass is 16.5. The van der Waals surface area contributed by atoms with E-state index in [4.69, 9.17) is 4.74 Å². The molecule has 102 valence electrons. The van der Waals surface area contributed by atoms with E-state index in [9.17, 15) is 0 Å². The minimum absolute atomic E-state index is 0.544. The molecule has 1 N–H and O–H groups in total. The van der Waals surface area contributed by atoms with Crippen LogP contribution in [0.2, 0.25) is 0 Å². The van der Waals surface area contributed by atoms with Gasteiger partial charge in [-0.1, -0.05) is 26.7 Å². The summed E-state index contributed by atoms with van der Waals surface area (Å²) in [6.45, 7) is 8.93. The zero-order valence-electron chi connectivity index (χ0n) is 12.0. The van der Waals surface area contributed by atoms with E-state index in [-0.39, 0.29) is 0 Å². The molecule has 0 spiro atoms. The van der Waals surface area contributed by atoms with E-state index in [0.717, 1.165) is 19.1 Å². The molecule has 0 radical (unpaired) electrons. The van der Waals surface area contributed by atoms with Gasteiger partial charge in [-0.3, -0.25) is 0 Å². The van der Waals surface area contributed by atoms with Gasteiger partial charge in [0.1, 0.15) is 0 Å². The van der Waals surface area contributed by atoms with Gasteiger partial charge < -0.3 is 10.1 Å². The standard InChI is InChI=1S/C15H31NO/c1-4-11-16-14(3)9-7-12-17-15-10-6-5-8-13(15)2/h13-16H,4-12H2,1-3H3. The second-order valence-electron chi connectivity index (χ2n) is 5.67.